The Morgan fingerprint density at radius 2 is 1.25 bits per heavy atom. The van der Waals surface area contributed by atoms with Gasteiger partial charge in [0.1, 0.15) is 0 Å². The third-order valence-electron chi connectivity index (χ3n) is 6.03. The molecule has 0 radical (unpaired) electrons. The Morgan fingerprint density at radius 3 is 1.94 bits per heavy atom. The Hall–Kier alpha value is 0. The molecule has 0 amide bonds. The molecule has 0 bridgehead atoms. The van der Waals surface area contributed by atoms with Gasteiger partial charge in [0, 0.05) is 0 Å². The van der Waals surface area contributed by atoms with Gasteiger partial charge < -0.3 is 0 Å². The van der Waals surface area contributed by atoms with Crippen LogP contribution < -0.4 is 0 Å². The van der Waals surface area contributed by atoms with E-state index in [2.05, 4.69) is 20.8 Å². The van der Waals surface area contributed by atoms with Crippen LogP contribution in [0.3, 0.4) is 0 Å². The summed E-state index contributed by atoms with van der Waals surface area (Å²) < 4.78 is 0. The number of hydrogen-bond donors (Lipinski definition) is 0. The summed E-state index contributed by atoms with van der Waals surface area (Å²) in [5.74, 6) is 0.981. The fraction of sp³-hybridized carbons (Fsp3) is 1.00. The van der Waals surface area contributed by atoms with Crippen molar-refractivity contribution >= 4 is 0 Å². The zero-order valence-electron chi connectivity index (χ0n) is 11.6. The maximum atomic E-state index is 2.61. The van der Waals surface area contributed by atoms with Crippen LogP contribution in [0, 0.1) is 16.7 Å². The molecule has 0 N–H and O–H groups in total. The molecule has 0 heteroatoms. The van der Waals surface area contributed by atoms with E-state index < -0.39 is 0 Å². The highest BCUT2D eigenvalue weighted by Gasteiger charge is 2.44. The minimum absolute atomic E-state index is 0.651. The van der Waals surface area contributed by atoms with Crippen LogP contribution in [0.15, 0.2) is 0 Å². The van der Waals surface area contributed by atoms with Gasteiger partial charge in [0.05, 0.1) is 0 Å². The number of rotatable bonds is 1. The second kappa shape index (κ2) is 4.70. The molecule has 0 aromatic heterocycles. The zero-order valence-corrected chi connectivity index (χ0v) is 11.6. The number of hydrogen-bond acceptors (Lipinski definition) is 0. The lowest BCUT2D eigenvalue weighted by atomic mass is 9.56. The molecule has 0 saturated heterocycles. The maximum absolute atomic E-state index is 2.61. The maximum Gasteiger partial charge on any atom is -0.0272 e. The van der Waals surface area contributed by atoms with E-state index in [1.54, 1.807) is 0 Å². The van der Waals surface area contributed by atoms with Gasteiger partial charge in [-0.15, -0.1) is 0 Å². The first kappa shape index (κ1) is 12.5. The van der Waals surface area contributed by atoms with Crippen LogP contribution in [0.2, 0.25) is 0 Å². The van der Waals surface area contributed by atoms with Crippen LogP contribution in [0.5, 0.6) is 0 Å². The van der Waals surface area contributed by atoms with E-state index in [-0.39, 0.29) is 0 Å². The third-order valence-corrected chi connectivity index (χ3v) is 6.03. The van der Waals surface area contributed by atoms with E-state index in [1.807, 2.05) is 0 Å². The summed E-state index contributed by atoms with van der Waals surface area (Å²) >= 11 is 0. The van der Waals surface area contributed by atoms with Crippen LogP contribution >= 0.6 is 0 Å². The van der Waals surface area contributed by atoms with Crippen molar-refractivity contribution in [2.45, 2.75) is 85.0 Å². The van der Waals surface area contributed by atoms with E-state index in [9.17, 15) is 0 Å². The Balaban J connectivity index is 2.09. The van der Waals surface area contributed by atoms with E-state index in [0.717, 1.165) is 5.92 Å². The average Bonchev–Trinajstić information content (AvgIpc) is 2.43. The summed E-state index contributed by atoms with van der Waals surface area (Å²) in [6, 6.07) is 0. The molecule has 0 nitrogen and oxygen atoms in total. The van der Waals surface area contributed by atoms with Crippen LogP contribution in [0.4, 0.5) is 0 Å². The van der Waals surface area contributed by atoms with E-state index >= 15 is 0 Å². The van der Waals surface area contributed by atoms with E-state index in [4.69, 9.17) is 0 Å². The molecule has 0 aromatic carbocycles. The van der Waals surface area contributed by atoms with Crippen LogP contribution in [-0.4, -0.2) is 0 Å². The second-order valence-electron chi connectivity index (χ2n) is 7.22. The Bertz CT molecular complexity index is 224. The molecule has 94 valence electrons. The van der Waals surface area contributed by atoms with Crippen molar-refractivity contribution in [3.05, 3.63) is 0 Å². The summed E-state index contributed by atoms with van der Waals surface area (Å²) in [5, 5.41) is 0. The molecule has 0 heterocycles. The average molecular weight is 222 g/mol. The summed E-state index contributed by atoms with van der Waals surface area (Å²) in [5.41, 5.74) is 1.31. The Morgan fingerprint density at radius 1 is 0.688 bits per heavy atom. The van der Waals surface area contributed by atoms with Crippen molar-refractivity contribution in [3.63, 3.8) is 0 Å². The van der Waals surface area contributed by atoms with E-state index in [0.29, 0.717) is 10.8 Å². The topological polar surface area (TPSA) is 0 Å². The monoisotopic (exact) mass is 222 g/mol. The van der Waals surface area contributed by atoms with Crippen LogP contribution in [-0.2, 0) is 0 Å². The molecule has 16 heavy (non-hydrogen) atoms. The van der Waals surface area contributed by atoms with Gasteiger partial charge in [0.25, 0.3) is 0 Å². The largest absolute Gasteiger partial charge is 0.0625 e. The molecule has 0 aliphatic heterocycles. The lowest BCUT2D eigenvalue weighted by molar-refractivity contribution is 0.0135. The highest BCUT2D eigenvalue weighted by molar-refractivity contribution is 4.95. The van der Waals surface area contributed by atoms with Crippen molar-refractivity contribution in [2.75, 3.05) is 0 Å². The Labute approximate surface area is 102 Å². The predicted octanol–water partition coefficient (Wildman–Crippen LogP) is 5.56. The SMILES string of the molecule is CC1CCCC(C)(C2(C)CCCCC2)CC1. The van der Waals surface area contributed by atoms with Gasteiger partial charge in [-0.1, -0.05) is 59.3 Å². The fourth-order valence-corrected chi connectivity index (χ4v) is 4.21. The quantitative estimate of drug-likeness (QED) is 0.509. The third kappa shape index (κ3) is 2.31. The van der Waals surface area contributed by atoms with E-state index in [1.165, 1.54) is 64.2 Å². The molecule has 2 fully saturated rings. The molecule has 2 atom stereocenters. The second-order valence-corrected chi connectivity index (χ2v) is 7.22. The van der Waals surface area contributed by atoms with Gasteiger partial charge in [-0.05, 0) is 42.4 Å². The summed E-state index contributed by atoms with van der Waals surface area (Å²) in [4.78, 5) is 0. The van der Waals surface area contributed by atoms with Gasteiger partial charge in [-0.25, -0.2) is 0 Å². The van der Waals surface area contributed by atoms with Gasteiger partial charge in [0.2, 0.25) is 0 Å². The molecule has 2 unspecified atom stereocenters. The van der Waals surface area contributed by atoms with Crippen molar-refractivity contribution in [2.24, 2.45) is 16.7 Å². The first-order valence-corrected chi connectivity index (χ1v) is 7.56. The first-order valence-electron chi connectivity index (χ1n) is 7.56. The standard InChI is InChI=1S/C16H30/c1-14-8-7-12-16(3,13-9-14)15(2)10-5-4-6-11-15/h14H,4-13H2,1-3H3. The van der Waals surface area contributed by atoms with Crippen molar-refractivity contribution in [3.8, 4) is 0 Å². The summed E-state index contributed by atoms with van der Waals surface area (Å²) in [7, 11) is 0. The molecule has 2 aliphatic rings. The molecule has 0 spiro atoms. The van der Waals surface area contributed by atoms with Gasteiger partial charge in [0.15, 0.2) is 0 Å². The predicted molar refractivity (Wildman–Crippen MR) is 71.5 cm³/mol. The first-order chi connectivity index (χ1) is 7.56. The van der Waals surface area contributed by atoms with Gasteiger partial charge in [-0.2, -0.15) is 0 Å². The van der Waals surface area contributed by atoms with Crippen molar-refractivity contribution < 1.29 is 0 Å². The van der Waals surface area contributed by atoms with Crippen LogP contribution in [0.25, 0.3) is 0 Å². The highest BCUT2D eigenvalue weighted by Crippen LogP contribution is 2.55. The van der Waals surface area contributed by atoms with Crippen LogP contribution in [0.1, 0.15) is 85.0 Å². The fourth-order valence-electron chi connectivity index (χ4n) is 4.21. The van der Waals surface area contributed by atoms with Crippen molar-refractivity contribution in [1.82, 2.24) is 0 Å². The highest BCUT2D eigenvalue weighted by atomic mass is 14.5. The lowest BCUT2D eigenvalue weighted by Crippen LogP contribution is -2.39. The summed E-state index contributed by atoms with van der Waals surface area (Å²) in [6.45, 7) is 7.66. The molecular formula is C16H30. The van der Waals surface area contributed by atoms with Gasteiger partial charge >= 0.3 is 0 Å². The normalized spacial score (nSPS) is 40.3. The zero-order chi connectivity index (χ0) is 11.6. The molecule has 0 aromatic rings. The molecule has 2 aliphatic carbocycles. The Kier molecular flexibility index (Phi) is 3.66. The van der Waals surface area contributed by atoms with Gasteiger partial charge in [-0.3, -0.25) is 0 Å². The van der Waals surface area contributed by atoms with Crippen molar-refractivity contribution in [1.29, 1.82) is 0 Å². The molecule has 2 saturated carbocycles. The molecule has 2 rings (SSSR count). The smallest absolute Gasteiger partial charge is 0.0272 e. The molecular weight excluding hydrogens is 192 g/mol. The minimum atomic E-state index is 0.651. The lowest BCUT2D eigenvalue weighted by Gasteiger charge is -2.49. The summed E-state index contributed by atoms with van der Waals surface area (Å²) in [6.07, 6.45) is 14.9. The minimum Gasteiger partial charge on any atom is -0.0625 e.